The molecule has 0 radical (unpaired) electrons. The molecule has 120 valence electrons. The molecule has 0 bridgehead atoms. The van der Waals surface area contributed by atoms with Crippen LogP contribution >= 0.6 is 0 Å². The van der Waals surface area contributed by atoms with Gasteiger partial charge in [-0.25, -0.2) is 4.79 Å². The normalized spacial score (nSPS) is 10.0. The zero-order valence-corrected chi connectivity index (χ0v) is 13.2. The molecule has 0 aliphatic carbocycles. The van der Waals surface area contributed by atoms with Gasteiger partial charge in [-0.3, -0.25) is 4.79 Å². The van der Waals surface area contributed by atoms with Crippen LogP contribution in [0.15, 0.2) is 48.5 Å². The first-order valence-corrected chi connectivity index (χ1v) is 7.33. The van der Waals surface area contributed by atoms with E-state index < -0.39 is 5.97 Å². The summed E-state index contributed by atoms with van der Waals surface area (Å²) >= 11 is 0. The van der Waals surface area contributed by atoms with Crippen molar-refractivity contribution in [2.45, 2.75) is 13.3 Å². The van der Waals surface area contributed by atoms with Crippen molar-refractivity contribution in [2.75, 3.05) is 19.0 Å². The minimum absolute atomic E-state index is 0.136. The van der Waals surface area contributed by atoms with Crippen molar-refractivity contribution < 1.29 is 19.1 Å². The molecule has 2 aromatic carbocycles. The molecule has 0 saturated heterocycles. The molecular formula is C18H19NO4. The topological polar surface area (TPSA) is 64.6 Å². The summed E-state index contributed by atoms with van der Waals surface area (Å²) in [6.07, 6.45) is 0.832. The number of carbonyl (C=O) groups is 2. The fraction of sp³-hybridized carbons (Fsp3) is 0.222. The van der Waals surface area contributed by atoms with E-state index in [1.165, 1.54) is 7.11 Å². The first-order chi connectivity index (χ1) is 11.1. The summed E-state index contributed by atoms with van der Waals surface area (Å²) in [6.45, 7) is 1.89. The Kier molecular flexibility index (Phi) is 5.74. The highest BCUT2D eigenvalue weighted by Gasteiger charge is 2.09. The molecule has 1 amide bonds. The van der Waals surface area contributed by atoms with Gasteiger partial charge in [-0.15, -0.1) is 0 Å². The molecule has 0 heterocycles. The fourth-order valence-corrected chi connectivity index (χ4v) is 2.12. The third kappa shape index (κ3) is 4.57. The monoisotopic (exact) mass is 313 g/mol. The van der Waals surface area contributed by atoms with Gasteiger partial charge in [0.25, 0.3) is 5.91 Å². The van der Waals surface area contributed by atoms with Gasteiger partial charge in [0, 0.05) is 5.69 Å². The molecule has 0 saturated carbocycles. The van der Waals surface area contributed by atoms with Crippen LogP contribution in [0.2, 0.25) is 0 Å². The van der Waals surface area contributed by atoms with Crippen LogP contribution in [-0.2, 0) is 16.0 Å². The highest BCUT2D eigenvalue weighted by Crippen LogP contribution is 2.16. The Morgan fingerprint density at radius 3 is 2.61 bits per heavy atom. The summed E-state index contributed by atoms with van der Waals surface area (Å²) in [6, 6.07) is 14.1. The quantitative estimate of drug-likeness (QED) is 0.833. The van der Waals surface area contributed by atoms with Crippen molar-refractivity contribution in [1.29, 1.82) is 0 Å². The van der Waals surface area contributed by atoms with Crippen LogP contribution in [0.3, 0.4) is 0 Å². The standard InChI is InChI=1S/C18H19NO4/c1-3-13-7-4-5-10-16(13)19-17(20)12-23-15-9-6-8-14(11-15)18(21)22-2/h4-11H,3,12H2,1-2H3,(H,19,20). The van der Waals surface area contributed by atoms with E-state index in [1.807, 2.05) is 31.2 Å². The lowest BCUT2D eigenvalue weighted by Gasteiger charge is -2.11. The van der Waals surface area contributed by atoms with E-state index >= 15 is 0 Å². The van der Waals surface area contributed by atoms with Gasteiger partial charge in [0.05, 0.1) is 12.7 Å². The molecule has 2 aromatic rings. The molecule has 0 fully saturated rings. The number of amides is 1. The number of aryl methyl sites for hydroxylation is 1. The molecule has 0 aromatic heterocycles. The maximum absolute atomic E-state index is 12.0. The number of anilines is 1. The predicted octanol–water partition coefficient (Wildman–Crippen LogP) is 3.05. The number of carbonyl (C=O) groups excluding carboxylic acids is 2. The number of esters is 1. The van der Waals surface area contributed by atoms with E-state index in [-0.39, 0.29) is 12.5 Å². The second-order valence-electron chi connectivity index (χ2n) is 4.87. The molecule has 5 heteroatoms. The van der Waals surface area contributed by atoms with Crippen molar-refractivity contribution in [3.8, 4) is 5.75 Å². The van der Waals surface area contributed by atoms with E-state index in [1.54, 1.807) is 24.3 Å². The molecule has 0 atom stereocenters. The second-order valence-corrected chi connectivity index (χ2v) is 4.87. The van der Waals surface area contributed by atoms with E-state index in [0.29, 0.717) is 11.3 Å². The van der Waals surface area contributed by atoms with Gasteiger partial charge in [-0.05, 0) is 36.2 Å². The number of hydrogen-bond donors (Lipinski definition) is 1. The number of ether oxygens (including phenoxy) is 2. The molecule has 0 aliphatic heterocycles. The van der Waals surface area contributed by atoms with Crippen LogP contribution in [0.1, 0.15) is 22.8 Å². The summed E-state index contributed by atoms with van der Waals surface area (Å²) in [7, 11) is 1.31. The maximum Gasteiger partial charge on any atom is 0.337 e. The Hall–Kier alpha value is -2.82. The molecule has 1 N–H and O–H groups in total. The minimum atomic E-state index is -0.447. The van der Waals surface area contributed by atoms with Crippen molar-refractivity contribution >= 4 is 17.6 Å². The number of para-hydroxylation sites is 1. The van der Waals surface area contributed by atoms with Gasteiger partial charge in [0.15, 0.2) is 6.61 Å². The van der Waals surface area contributed by atoms with Crippen molar-refractivity contribution in [3.63, 3.8) is 0 Å². The van der Waals surface area contributed by atoms with Crippen LogP contribution in [0, 0.1) is 0 Å². The molecule has 5 nitrogen and oxygen atoms in total. The average molecular weight is 313 g/mol. The van der Waals surface area contributed by atoms with Gasteiger partial charge < -0.3 is 14.8 Å². The van der Waals surface area contributed by atoms with Crippen molar-refractivity contribution in [3.05, 3.63) is 59.7 Å². The van der Waals surface area contributed by atoms with Crippen LogP contribution in [0.5, 0.6) is 5.75 Å². The fourth-order valence-electron chi connectivity index (χ4n) is 2.12. The minimum Gasteiger partial charge on any atom is -0.484 e. The van der Waals surface area contributed by atoms with Crippen molar-refractivity contribution in [1.82, 2.24) is 0 Å². The summed E-state index contributed by atoms with van der Waals surface area (Å²) in [5, 5.41) is 2.82. The van der Waals surface area contributed by atoms with E-state index in [0.717, 1.165) is 17.7 Å². The molecule has 0 aliphatic rings. The summed E-state index contributed by atoms with van der Waals surface area (Å²) in [4.78, 5) is 23.5. The number of nitrogens with one attached hydrogen (secondary N) is 1. The third-order valence-corrected chi connectivity index (χ3v) is 3.30. The second kappa shape index (κ2) is 7.98. The zero-order valence-electron chi connectivity index (χ0n) is 13.2. The highest BCUT2D eigenvalue weighted by atomic mass is 16.5. The first kappa shape index (κ1) is 16.5. The largest absolute Gasteiger partial charge is 0.484 e. The van der Waals surface area contributed by atoms with E-state index in [4.69, 9.17) is 4.74 Å². The van der Waals surface area contributed by atoms with Crippen LogP contribution in [0.4, 0.5) is 5.69 Å². The van der Waals surface area contributed by atoms with Crippen LogP contribution in [0.25, 0.3) is 0 Å². The number of hydrogen-bond acceptors (Lipinski definition) is 4. The van der Waals surface area contributed by atoms with Crippen molar-refractivity contribution in [2.24, 2.45) is 0 Å². The average Bonchev–Trinajstić information content (AvgIpc) is 2.60. The van der Waals surface area contributed by atoms with Gasteiger partial charge in [0.2, 0.25) is 0 Å². The SMILES string of the molecule is CCc1ccccc1NC(=O)COc1cccc(C(=O)OC)c1. The molecule has 2 rings (SSSR count). The lowest BCUT2D eigenvalue weighted by atomic mass is 10.1. The summed E-state index contributed by atoms with van der Waals surface area (Å²) in [5.41, 5.74) is 2.22. The predicted molar refractivity (Wildman–Crippen MR) is 87.7 cm³/mol. The first-order valence-electron chi connectivity index (χ1n) is 7.33. The molecule has 0 spiro atoms. The summed E-state index contributed by atoms with van der Waals surface area (Å²) in [5.74, 6) is -0.266. The molecular weight excluding hydrogens is 294 g/mol. The van der Waals surface area contributed by atoms with Crippen LogP contribution in [-0.4, -0.2) is 25.6 Å². The Morgan fingerprint density at radius 1 is 1.09 bits per heavy atom. The smallest absolute Gasteiger partial charge is 0.337 e. The lowest BCUT2D eigenvalue weighted by Crippen LogP contribution is -2.21. The lowest BCUT2D eigenvalue weighted by molar-refractivity contribution is -0.118. The van der Waals surface area contributed by atoms with Gasteiger partial charge in [-0.2, -0.15) is 0 Å². The maximum atomic E-state index is 12.0. The number of rotatable bonds is 6. The van der Waals surface area contributed by atoms with Gasteiger partial charge >= 0.3 is 5.97 Å². The third-order valence-electron chi connectivity index (χ3n) is 3.30. The Balaban J connectivity index is 1.95. The van der Waals surface area contributed by atoms with E-state index in [9.17, 15) is 9.59 Å². The van der Waals surface area contributed by atoms with Gasteiger partial charge in [0.1, 0.15) is 5.75 Å². The van der Waals surface area contributed by atoms with Gasteiger partial charge in [-0.1, -0.05) is 31.2 Å². The number of methoxy groups -OCH3 is 1. The van der Waals surface area contributed by atoms with Crippen LogP contribution < -0.4 is 10.1 Å². The number of benzene rings is 2. The summed E-state index contributed by atoms with van der Waals surface area (Å²) < 4.78 is 10.1. The Labute approximate surface area is 135 Å². The highest BCUT2D eigenvalue weighted by molar-refractivity contribution is 5.93. The Morgan fingerprint density at radius 2 is 1.87 bits per heavy atom. The molecule has 0 unspecified atom stereocenters. The zero-order chi connectivity index (χ0) is 16.7. The molecule has 23 heavy (non-hydrogen) atoms. The van der Waals surface area contributed by atoms with E-state index in [2.05, 4.69) is 10.1 Å². The Bertz CT molecular complexity index is 697.